The van der Waals surface area contributed by atoms with Crippen molar-refractivity contribution in [1.29, 1.82) is 5.41 Å². The van der Waals surface area contributed by atoms with Crippen molar-refractivity contribution in [1.82, 2.24) is 0 Å². The molecule has 1 aromatic rings. The number of phenolic OH excluding ortho intramolecular Hbond substituents is 1. The van der Waals surface area contributed by atoms with E-state index in [2.05, 4.69) is 0 Å². The predicted octanol–water partition coefficient (Wildman–Crippen LogP) is 1.47. The molecule has 0 saturated heterocycles. The van der Waals surface area contributed by atoms with Gasteiger partial charge in [-0.1, -0.05) is 6.92 Å². The number of amidine groups is 1. The molecule has 0 radical (unpaired) electrons. The lowest BCUT2D eigenvalue weighted by Gasteiger charge is -2.09. The maximum atomic E-state index is 9.20. The quantitative estimate of drug-likeness (QED) is 0.501. The summed E-state index contributed by atoms with van der Waals surface area (Å²) in [5, 5.41) is 16.5. The first-order chi connectivity index (χ1) is 6.65. The standard InChI is InChI=1S/C10H14N2O2/c1-2-5-14-9-4-3-7(13)6-8(9)10(11)12/h3-4,6,13H,2,5H2,1H3,(H3,11,12). The van der Waals surface area contributed by atoms with Gasteiger partial charge in [0.15, 0.2) is 0 Å². The molecule has 0 fully saturated rings. The molecule has 0 saturated carbocycles. The van der Waals surface area contributed by atoms with Crippen molar-refractivity contribution in [2.45, 2.75) is 13.3 Å². The zero-order valence-corrected chi connectivity index (χ0v) is 8.08. The van der Waals surface area contributed by atoms with Crippen molar-refractivity contribution in [3.05, 3.63) is 23.8 Å². The molecular formula is C10H14N2O2. The van der Waals surface area contributed by atoms with E-state index in [4.69, 9.17) is 15.9 Å². The van der Waals surface area contributed by atoms with Crippen LogP contribution in [0.1, 0.15) is 18.9 Å². The highest BCUT2D eigenvalue weighted by Gasteiger charge is 2.07. The molecule has 1 rings (SSSR count). The van der Waals surface area contributed by atoms with Crippen LogP contribution in [0.3, 0.4) is 0 Å². The number of hydrogen-bond donors (Lipinski definition) is 3. The second-order valence-electron chi connectivity index (χ2n) is 2.94. The van der Waals surface area contributed by atoms with Crippen LogP contribution in [0.5, 0.6) is 11.5 Å². The molecule has 4 heteroatoms. The number of nitrogens with one attached hydrogen (secondary N) is 1. The maximum Gasteiger partial charge on any atom is 0.130 e. The zero-order chi connectivity index (χ0) is 10.6. The number of phenols is 1. The topological polar surface area (TPSA) is 79.3 Å². The van der Waals surface area contributed by atoms with E-state index in [0.29, 0.717) is 17.9 Å². The Morgan fingerprint density at radius 3 is 2.86 bits per heavy atom. The average Bonchev–Trinajstić information content (AvgIpc) is 2.15. The van der Waals surface area contributed by atoms with Crippen molar-refractivity contribution in [2.24, 2.45) is 5.73 Å². The third-order valence-corrected chi connectivity index (χ3v) is 1.72. The van der Waals surface area contributed by atoms with E-state index in [9.17, 15) is 5.11 Å². The average molecular weight is 194 g/mol. The van der Waals surface area contributed by atoms with E-state index in [1.165, 1.54) is 12.1 Å². The van der Waals surface area contributed by atoms with Crippen LogP contribution >= 0.6 is 0 Å². The van der Waals surface area contributed by atoms with E-state index in [-0.39, 0.29) is 11.6 Å². The first-order valence-corrected chi connectivity index (χ1v) is 4.45. The van der Waals surface area contributed by atoms with Crippen molar-refractivity contribution in [2.75, 3.05) is 6.61 Å². The molecule has 76 valence electrons. The molecular weight excluding hydrogens is 180 g/mol. The van der Waals surface area contributed by atoms with Gasteiger partial charge in [0.05, 0.1) is 12.2 Å². The van der Waals surface area contributed by atoms with E-state index >= 15 is 0 Å². The van der Waals surface area contributed by atoms with Gasteiger partial charge < -0.3 is 15.6 Å². The molecule has 1 aromatic carbocycles. The van der Waals surface area contributed by atoms with E-state index < -0.39 is 0 Å². The summed E-state index contributed by atoms with van der Waals surface area (Å²) in [6.07, 6.45) is 0.887. The normalized spacial score (nSPS) is 9.79. The zero-order valence-electron chi connectivity index (χ0n) is 8.08. The lowest BCUT2D eigenvalue weighted by Crippen LogP contribution is -2.13. The third-order valence-electron chi connectivity index (χ3n) is 1.72. The summed E-state index contributed by atoms with van der Waals surface area (Å²) in [6, 6.07) is 4.55. The largest absolute Gasteiger partial charge is 0.508 e. The van der Waals surface area contributed by atoms with Crippen molar-refractivity contribution in [3.8, 4) is 11.5 Å². The van der Waals surface area contributed by atoms with E-state index in [1.807, 2.05) is 6.92 Å². The molecule has 0 bridgehead atoms. The first-order valence-electron chi connectivity index (χ1n) is 4.45. The highest BCUT2D eigenvalue weighted by molar-refractivity contribution is 5.98. The number of ether oxygens (including phenoxy) is 1. The summed E-state index contributed by atoms with van der Waals surface area (Å²) in [4.78, 5) is 0. The summed E-state index contributed by atoms with van der Waals surface area (Å²) < 4.78 is 5.37. The van der Waals surface area contributed by atoms with Crippen LogP contribution in [0.2, 0.25) is 0 Å². The molecule has 0 unspecified atom stereocenters. The van der Waals surface area contributed by atoms with Gasteiger partial charge in [-0.2, -0.15) is 0 Å². The van der Waals surface area contributed by atoms with Crippen LogP contribution in [0.15, 0.2) is 18.2 Å². The Morgan fingerprint density at radius 1 is 1.57 bits per heavy atom. The number of aromatic hydroxyl groups is 1. The minimum atomic E-state index is -0.105. The van der Waals surface area contributed by atoms with Gasteiger partial charge in [0.25, 0.3) is 0 Å². The molecule has 4 N–H and O–H groups in total. The fraction of sp³-hybridized carbons (Fsp3) is 0.300. The summed E-state index contributed by atoms with van der Waals surface area (Å²) >= 11 is 0. The van der Waals surface area contributed by atoms with Gasteiger partial charge in [-0.15, -0.1) is 0 Å². The molecule has 0 aliphatic carbocycles. The summed E-state index contributed by atoms with van der Waals surface area (Å²) in [5.41, 5.74) is 5.78. The van der Waals surface area contributed by atoms with Gasteiger partial charge >= 0.3 is 0 Å². The predicted molar refractivity (Wildman–Crippen MR) is 54.9 cm³/mol. The van der Waals surface area contributed by atoms with Crippen LogP contribution in [0.4, 0.5) is 0 Å². The number of nitrogen functional groups attached to an aromatic ring is 1. The molecule has 0 aliphatic heterocycles. The Kier molecular flexibility index (Phi) is 3.34. The van der Waals surface area contributed by atoms with Gasteiger partial charge in [-0.25, -0.2) is 0 Å². The Hall–Kier alpha value is -1.71. The number of nitrogens with two attached hydrogens (primary N) is 1. The van der Waals surface area contributed by atoms with E-state index in [0.717, 1.165) is 6.42 Å². The van der Waals surface area contributed by atoms with Crippen LogP contribution in [-0.4, -0.2) is 17.5 Å². The molecule has 0 heterocycles. The fourth-order valence-electron chi connectivity index (χ4n) is 1.07. The summed E-state index contributed by atoms with van der Waals surface area (Å²) in [6.45, 7) is 2.57. The highest BCUT2D eigenvalue weighted by Crippen LogP contribution is 2.22. The lowest BCUT2D eigenvalue weighted by molar-refractivity contribution is 0.316. The van der Waals surface area contributed by atoms with Crippen molar-refractivity contribution >= 4 is 5.84 Å². The molecule has 0 atom stereocenters. The van der Waals surface area contributed by atoms with Gasteiger partial charge in [-0.3, -0.25) is 5.41 Å². The molecule has 0 aromatic heterocycles. The van der Waals surface area contributed by atoms with Crippen molar-refractivity contribution < 1.29 is 9.84 Å². The molecule has 4 nitrogen and oxygen atoms in total. The van der Waals surface area contributed by atoms with Gasteiger partial charge in [0.1, 0.15) is 17.3 Å². The van der Waals surface area contributed by atoms with Gasteiger partial charge in [-0.05, 0) is 24.6 Å². The van der Waals surface area contributed by atoms with Crippen LogP contribution in [-0.2, 0) is 0 Å². The summed E-state index contributed by atoms with van der Waals surface area (Å²) in [5.74, 6) is 0.517. The highest BCUT2D eigenvalue weighted by atomic mass is 16.5. The van der Waals surface area contributed by atoms with Gasteiger partial charge in [0, 0.05) is 0 Å². The SMILES string of the molecule is CCCOc1ccc(O)cc1C(=N)N. The fourth-order valence-corrected chi connectivity index (χ4v) is 1.07. The lowest BCUT2D eigenvalue weighted by atomic mass is 10.2. The first kappa shape index (κ1) is 10.4. The molecule has 0 spiro atoms. The monoisotopic (exact) mass is 194 g/mol. The second kappa shape index (κ2) is 4.50. The minimum absolute atomic E-state index is 0.0825. The number of hydrogen-bond acceptors (Lipinski definition) is 3. The Labute approximate surface area is 82.8 Å². The second-order valence-corrected chi connectivity index (χ2v) is 2.94. The van der Waals surface area contributed by atoms with Crippen molar-refractivity contribution in [3.63, 3.8) is 0 Å². The van der Waals surface area contributed by atoms with Gasteiger partial charge in [0.2, 0.25) is 0 Å². The molecule has 0 aliphatic rings. The Morgan fingerprint density at radius 2 is 2.29 bits per heavy atom. The molecule has 0 amide bonds. The maximum absolute atomic E-state index is 9.20. The third kappa shape index (κ3) is 2.39. The smallest absolute Gasteiger partial charge is 0.130 e. The number of rotatable bonds is 4. The van der Waals surface area contributed by atoms with E-state index in [1.54, 1.807) is 6.07 Å². The van der Waals surface area contributed by atoms with Crippen LogP contribution in [0.25, 0.3) is 0 Å². The van der Waals surface area contributed by atoms with Crippen LogP contribution in [0, 0.1) is 5.41 Å². The number of benzene rings is 1. The molecule has 14 heavy (non-hydrogen) atoms. The minimum Gasteiger partial charge on any atom is -0.508 e. The Bertz CT molecular complexity index is 337. The van der Waals surface area contributed by atoms with Crippen LogP contribution < -0.4 is 10.5 Å². The Balaban J connectivity index is 2.96. The summed E-state index contributed by atoms with van der Waals surface area (Å²) in [7, 11) is 0.